The zero-order chi connectivity index (χ0) is 22.5. The second-order valence-corrected chi connectivity index (χ2v) is 7.67. The highest BCUT2D eigenvalue weighted by Crippen LogP contribution is 2.26. The molecule has 0 bridgehead atoms. The summed E-state index contributed by atoms with van der Waals surface area (Å²) >= 11 is 0. The Morgan fingerprint density at radius 1 is 1.16 bits per heavy atom. The maximum atomic E-state index is 13.2. The fraction of sp³-hybridized carbons (Fsp3) is 0.391. The van der Waals surface area contributed by atoms with Gasteiger partial charge in [0.05, 0.1) is 30.0 Å². The number of esters is 1. The normalized spacial score (nSPS) is 12.2. The Kier molecular flexibility index (Phi) is 7.02. The quantitative estimate of drug-likeness (QED) is 0.558. The fourth-order valence-corrected chi connectivity index (χ4v) is 3.32. The molecule has 3 aromatic rings. The Balaban J connectivity index is 2.08. The van der Waals surface area contributed by atoms with E-state index in [-0.39, 0.29) is 6.04 Å². The molecule has 0 saturated carbocycles. The number of amides is 1. The number of rotatable bonds is 8. The number of ether oxygens (including phenoxy) is 2. The molecule has 8 heteroatoms. The SMILES string of the molecule is COCCC(NC(=O)c1cc(-c2ccc(C)cc2)nc2c1cnn2C(C)C)C(=O)OC. The van der Waals surface area contributed by atoms with E-state index in [0.29, 0.717) is 35.3 Å². The summed E-state index contributed by atoms with van der Waals surface area (Å²) in [5.74, 6) is -0.914. The first-order valence-electron chi connectivity index (χ1n) is 10.2. The fourth-order valence-electron chi connectivity index (χ4n) is 3.32. The van der Waals surface area contributed by atoms with Crippen molar-refractivity contribution in [3.05, 3.63) is 47.7 Å². The minimum atomic E-state index is -0.816. The summed E-state index contributed by atoms with van der Waals surface area (Å²) in [6.07, 6.45) is 1.94. The zero-order valence-electron chi connectivity index (χ0n) is 18.5. The van der Waals surface area contributed by atoms with Gasteiger partial charge in [-0.25, -0.2) is 14.5 Å². The van der Waals surface area contributed by atoms with Gasteiger partial charge in [-0.15, -0.1) is 0 Å². The molecule has 0 spiro atoms. The van der Waals surface area contributed by atoms with E-state index in [4.69, 9.17) is 14.5 Å². The van der Waals surface area contributed by atoms with Gasteiger partial charge in [0.1, 0.15) is 6.04 Å². The van der Waals surface area contributed by atoms with Crippen LogP contribution in [0.4, 0.5) is 0 Å². The van der Waals surface area contributed by atoms with Gasteiger partial charge >= 0.3 is 5.97 Å². The van der Waals surface area contributed by atoms with Crippen molar-refractivity contribution in [3.8, 4) is 11.3 Å². The first kappa shape index (κ1) is 22.4. The van der Waals surface area contributed by atoms with E-state index in [0.717, 1.165) is 11.1 Å². The van der Waals surface area contributed by atoms with Crippen molar-refractivity contribution < 1.29 is 19.1 Å². The molecule has 3 rings (SSSR count). The van der Waals surface area contributed by atoms with Crippen LogP contribution in [0.15, 0.2) is 36.5 Å². The summed E-state index contributed by atoms with van der Waals surface area (Å²) in [5.41, 5.74) is 3.70. The van der Waals surface area contributed by atoms with Gasteiger partial charge in [-0.2, -0.15) is 5.10 Å². The number of methoxy groups -OCH3 is 2. The highest BCUT2D eigenvalue weighted by molar-refractivity contribution is 6.07. The van der Waals surface area contributed by atoms with E-state index in [2.05, 4.69) is 10.4 Å². The first-order valence-corrected chi connectivity index (χ1v) is 10.2. The van der Waals surface area contributed by atoms with Crippen LogP contribution in [0.1, 0.15) is 42.2 Å². The summed E-state index contributed by atoms with van der Waals surface area (Å²) in [7, 11) is 2.83. The van der Waals surface area contributed by atoms with Crippen LogP contribution in [0.3, 0.4) is 0 Å². The number of aryl methyl sites for hydroxylation is 1. The van der Waals surface area contributed by atoms with Crippen molar-refractivity contribution >= 4 is 22.9 Å². The van der Waals surface area contributed by atoms with Gasteiger partial charge in [0, 0.05) is 31.7 Å². The smallest absolute Gasteiger partial charge is 0.328 e. The van der Waals surface area contributed by atoms with Gasteiger partial charge in [-0.1, -0.05) is 29.8 Å². The van der Waals surface area contributed by atoms with Gasteiger partial charge < -0.3 is 14.8 Å². The van der Waals surface area contributed by atoms with Gasteiger partial charge in [0.2, 0.25) is 0 Å². The number of carbonyl (C=O) groups excluding carboxylic acids is 2. The summed E-state index contributed by atoms with van der Waals surface area (Å²) in [5, 5.41) is 7.83. The average molecular weight is 425 g/mol. The highest BCUT2D eigenvalue weighted by atomic mass is 16.5. The van der Waals surface area contributed by atoms with E-state index in [1.54, 1.807) is 16.9 Å². The van der Waals surface area contributed by atoms with Crippen molar-refractivity contribution in [3.63, 3.8) is 0 Å². The van der Waals surface area contributed by atoms with Crippen LogP contribution < -0.4 is 5.32 Å². The summed E-state index contributed by atoms with van der Waals surface area (Å²) < 4.78 is 11.7. The number of nitrogens with one attached hydrogen (secondary N) is 1. The molecule has 2 heterocycles. The Morgan fingerprint density at radius 3 is 2.48 bits per heavy atom. The molecule has 0 saturated heterocycles. The van der Waals surface area contributed by atoms with Crippen LogP contribution in [0.5, 0.6) is 0 Å². The van der Waals surface area contributed by atoms with E-state index < -0.39 is 17.9 Å². The highest BCUT2D eigenvalue weighted by Gasteiger charge is 2.25. The second-order valence-electron chi connectivity index (χ2n) is 7.67. The van der Waals surface area contributed by atoms with Crippen molar-refractivity contribution in [1.29, 1.82) is 0 Å². The van der Waals surface area contributed by atoms with Crippen LogP contribution >= 0.6 is 0 Å². The average Bonchev–Trinajstić information content (AvgIpc) is 3.20. The number of hydrogen-bond donors (Lipinski definition) is 1. The molecule has 164 valence electrons. The topological polar surface area (TPSA) is 95.3 Å². The standard InChI is InChI=1S/C23H28N4O4/c1-14(2)27-21-18(13-24-27)17(12-20(25-21)16-8-6-15(3)7-9-16)22(28)26-19(10-11-30-4)23(29)31-5/h6-9,12-14,19H,10-11H2,1-5H3,(H,26,28). The van der Waals surface area contributed by atoms with E-state index in [9.17, 15) is 9.59 Å². The predicted molar refractivity (Wildman–Crippen MR) is 118 cm³/mol. The molecular weight excluding hydrogens is 396 g/mol. The molecule has 1 N–H and O–H groups in total. The third kappa shape index (κ3) is 4.91. The molecule has 31 heavy (non-hydrogen) atoms. The molecule has 1 amide bonds. The number of hydrogen-bond acceptors (Lipinski definition) is 6. The molecule has 2 aromatic heterocycles. The summed E-state index contributed by atoms with van der Waals surface area (Å²) in [6, 6.07) is 8.92. The van der Waals surface area contributed by atoms with Crippen LogP contribution in [-0.2, 0) is 14.3 Å². The van der Waals surface area contributed by atoms with Gasteiger partial charge in [0.15, 0.2) is 5.65 Å². The van der Waals surface area contributed by atoms with Crippen molar-refractivity contribution in [2.45, 2.75) is 39.3 Å². The van der Waals surface area contributed by atoms with Crippen molar-refractivity contribution in [1.82, 2.24) is 20.1 Å². The van der Waals surface area contributed by atoms with Gasteiger partial charge in [-0.05, 0) is 26.8 Å². The van der Waals surface area contributed by atoms with E-state index in [1.165, 1.54) is 14.2 Å². The zero-order valence-corrected chi connectivity index (χ0v) is 18.5. The minimum absolute atomic E-state index is 0.0682. The maximum Gasteiger partial charge on any atom is 0.328 e. The lowest BCUT2D eigenvalue weighted by atomic mass is 10.0. The molecule has 1 unspecified atom stereocenters. The Hall–Kier alpha value is -3.26. The lowest BCUT2D eigenvalue weighted by molar-refractivity contribution is -0.143. The van der Waals surface area contributed by atoms with Crippen molar-refractivity contribution in [2.75, 3.05) is 20.8 Å². The molecule has 0 fully saturated rings. The lowest BCUT2D eigenvalue weighted by Crippen LogP contribution is -2.42. The Bertz CT molecular complexity index is 1070. The van der Waals surface area contributed by atoms with Crippen LogP contribution in [0.2, 0.25) is 0 Å². The third-order valence-electron chi connectivity index (χ3n) is 5.05. The molecule has 0 aliphatic carbocycles. The predicted octanol–water partition coefficient (Wildman–Crippen LogP) is 3.30. The van der Waals surface area contributed by atoms with Gasteiger partial charge in [-0.3, -0.25) is 4.79 Å². The number of nitrogens with zero attached hydrogens (tertiary/aromatic N) is 3. The van der Waals surface area contributed by atoms with Crippen LogP contribution in [0.25, 0.3) is 22.3 Å². The Morgan fingerprint density at radius 2 is 1.87 bits per heavy atom. The third-order valence-corrected chi connectivity index (χ3v) is 5.05. The molecule has 0 aliphatic rings. The largest absolute Gasteiger partial charge is 0.467 e. The first-order chi connectivity index (χ1) is 14.8. The van der Waals surface area contributed by atoms with Crippen LogP contribution in [-0.4, -0.2) is 53.5 Å². The number of benzene rings is 1. The molecule has 0 radical (unpaired) electrons. The number of pyridine rings is 1. The lowest BCUT2D eigenvalue weighted by Gasteiger charge is -2.17. The Labute approximate surface area is 181 Å². The van der Waals surface area contributed by atoms with Gasteiger partial charge in [0.25, 0.3) is 5.91 Å². The van der Waals surface area contributed by atoms with E-state index >= 15 is 0 Å². The summed E-state index contributed by atoms with van der Waals surface area (Å²) in [6.45, 7) is 6.33. The molecule has 1 atom stereocenters. The van der Waals surface area contributed by atoms with Crippen molar-refractivity contribution in [2.24, 2.45) is 0 Å². The minimum Gasteiger partial charge on any atom is -0.467 e. The monoisotopic (exact) mass is 424 g/mol. The number of fused-ring (bicyclic) bond motifs is 1. The number of aromatic nitrogens is 3. The number of carbonyl (C=O) groups is 2. The molecule has 0 aliphatic heterocycles. The molecular formula is C23H28N4O4. The van der Waals surface area contributed by atoms with E-state index in [1.807, 2.05) is 45.0 Å². The maximum absolute atomic E-state index is 13.2. The molecule has 1 aromatic carbocycles. The summed E-state index contributed by atoms with van der Waals surface area (Å²) in [4.78, 5) is 30.2. The second kappa shape index (κ2) is 9.70. The molecule has 8 nitrogen and oxygen atoms in total. The van der Waals surface area contributed by atoms with Crippen LogP contribution in [0, 0.1) is 6.92 Å².